The third kappa shape index (κ3) is 3.15. The van der Waals surface area contributed by atoms with E-state index >= 15 is 0 Å². The molecule has 3 N–H and O–H groups in total. The molecule has 0 saturated heterocycles. The molecule has 0 heterocycles. The number of hydrogen-bond donors (Lipinski definition) is 2. The topological polar surface area (TPSA) is 38.0 Å². The lowest BCUT2D eigenvalue weighted by Gasteiger charge is -2.38. The zero-order valence-electron chi connectivity index (χ0n) is 9.81. The molecule has 1 saturated carbocycles. The number of hydrogen-bond acceptors (Lipinski definition) is 2. The van der Waals surface area contributed by atoms with Crippen LogP contribution < -0.4 is 11.1 Å². The molecule has 4 heteroatoms. The Morgan fingerprint density at radius 1 is 1.29 bits per heavy atom. The number of rotatable bonds is 3. The van der Waals surface area contributed by atoms with Crippen LogP contribution in [0, 0.1) is 0 Å². The molecule has 0 amide bonds. The first kappa shape index (κ1) is 13.2. The minimum Gasteiger partial charge on any atom is -0.378 e. The van der Waals surface area contributed by atoms with E-state index in [1.807, 2.05) is 18.2 Å². The van der Waals surface area contributed by atoms with Gasteiger partial charge in [-0.15, -0.1) is 0 Å². The maximum atomic E-state index is 5.99. The molecule has 1 fully saturated rings. The van der Waals surface area contributed by atoms with Crippen LogP contribution in [0.15, 0.2) is 22.7 Å². The van der Waals surface area contributed by atoms with E-state index < -0.39 is 0 Å². The predicted octanol–water partition coefficient (Wildman–Crippen LogP) is 4.18. The number of halogens is 2. The van der Waals surface area contributed by atoms with E-state index in [9.17, 15) is 0 Å². The van der Waals surface area contributed by atoms with Crippen LogP contribution in [0.25, 0.3) is 0 Å². The van der Waals surface area contributed by atoms with Crippen LogP contribution in [0.2, 0.25) is 5.02 Å². The molecule has 0 atom stereocenters. The van der Waals surface area contributed by atoms with Gasteiger partial charge in [0.15, 0.2) is 0 Å². The lowest BCUT2D eigenvalue weighted by molar-refractivity contribution is 0.331. The predicted molar refractivity (Wildman–Crippen MR) is 77.6 cm³/mol. The normalized spacial score (nSPS) is 19.0. The second kappa shape index (κ2) is 5.59. The van der Waals surface area contributed by atoms with Gasteiger partial charge in [-0.1, -0.05) is 30.9 Å². The van der Waals surface area contributed by atoms with Crippen LogP contribution in [0.3, 0.4) is 0 Å². The number of nitrogens with one attached hydrogen (secondary N) is 1. The molecule has 1 aromatic rings. The number of nitrogens with two attached hydrogens (primary N) is 1. The van der Waals surface area contributed by atoms with Crippen LogP contribution in [0.1, 0.15) is 32.1 Å². The van der Waals surface area contributed by atoms with Crippen molar-refractivity contribution in [2.45, 2.75) is 37.6 Å². The highest BCUT2D eigenvalue weighted by atomic mass is 79.9. The summed E-state index contributed by atoms with van der Waals surface area (Å²) in [6.07, 6.45) is 6.17. The smallest absolute Gasteiger partial charge is 0.0549 e. The number of benzene rings is 1. The Labute approximate surface area is 116 Å². The highest BCUT2D eigenvalue weighted by Gasteiger charge is 2.30. The molecule has 0 aromatic heterocycles. The van der Waals surface area contributed by atoms with Gasteiger partial charge in [0.1, 0.15) is 0 Å². The van der Waals surface area contributed by atoms with E-state index in [1.54, 1.807) is 0 Å². The number of anilines is 1. The molecule has 0 aliphatic heterocycles. The van der Waals surface area contributed by atoms with Crippen molar-refractivity contribution >= 4 is 33.2 Å². The molecule has 2 rings (SSSR count). The molecular weight excluding hydrogens is 300 g/mol. The van der Waals surface area contributed by atoms with Gasteiger partial charge in [0, 0.05) is 22.2 Å². The Bertz CT molecular complexity index is 389. The summed E-state index contributed by atoms with van der Waals surface area (Å²) in [5.74, 6) is 0. The average Bonchev–Trinajstić information content (AvgIpc) is 2.35. The first-order chi connectivity index (χ1) is 8.15. The van der Waals surface area contributed by atoms with E-state index in [1.165, 1.54) is 19.3 Å². The van der Waals surface area contributed by atoms with Crippen molar-refractivity contribution in [1.82, 2.24) is 0 Å². The van der Waals surface area contributed by atoms with E-state index in [4.69, 9.17) is 17.3 Å². The third-order valence-corrected chi connectivity index (χ3v) is 4.74. The Kier molecular flexibility index (Phi) is 4.34. The summed E-state index contributed by atoms with van der Waals surface area (Å²) in [5, 5.41) is 4.34. The quantitative estimate of drug-likeness (QED) is 0.878. The monoisotopic (exact) mass is 316 g/mol. The van der Waals surface area contributed by atoms with Crippen molar-refractivity contribution in [1.29, 1.82) is 0 Å². The summed E-state index contributed by atoms with van der Waals surface area (Å²) < 4.78 is 0.923. The van der Waals surface area contributed by atoms with E-state index in [0.717, 1.165) is 28.0 Å². The molecule has 0 bridgehead atoms. The first-order valence-electron chi connectivity index (χ1n) is 6.08. The van der Waals surface area contributed by atoms with Crippen LogP contribution in [-0.4, -0.2) is 12.1 Å². The molecule has 0 radical (unpaired) electrons. The summed E-state index contributed by atoms with van der Waals surface area (Å²) >= 11 is 9.44. The molecule has 1 aliphatic carbocycles. The highest BCUT2D eigenvalue weighted by molar-refractivity contribution is 9.10. The largest absolute Gasteiger partial charge is 0.378 e. The Hall–Kier alpha value is -0.250. The molecular formula is C13H18BrClN2. The van der Waals surface area contributed by atoms with Crippen LogP contribution in [0.4, 0.5) is 5.69 Å². The lowest BCUT2D eigenvalue weighted by Crippen LogP contribution is -2.46. The molecule has 2 nitrogen and oxygen atoms in total. The highest BCUT2D eigenvalue weighted by Crippen LogP contribution is 2.33. The fourth-order valence-corrected chi connectivity index (χ4v) is 2.99. The standard InChI is InChI=1S/C13H18BrClN2/c14-11-8-10(4-5-12(11)15)17-13(9-16)6-2-1-3-7-13/h4-5,8,17H,1-3,6-7,9,16H2. The van der Waals surface area contributed by atoms with Crippen molar-refractivity contribution in [3.8, 4) is 0 Å². The second-order valence-electron chi connectivity index (χ2n) is 4.80. The second-order valence-corrected chi connectivity index (χ2v) is 6.06. The maximum absolute atomic E-state index is 5.99. The maximum Gasteiger partial charge on any atom is 0.0549 e. The fraction of sp³-hybridized carbons (Fsp3) is 0.538. The Morgan fingerprint density at radius 3 is 2.59 bits per heavy atom. The molecule has 0 spiro atoms. The Morgan fingerprint density at radius 2 is 2.00 bits per heavy atom. The van der Waals surface area contributed by atoms with Crippen molar-refractivity contribution in [3.05, 3.63) is 27.7 Å². The average molecular weight is 318 g/mol. The molecule has 0 unspecified atom stereocenters. The molecule has 1 aromatic carbocycles. The van der Waals surface area contributed by atoms with Gasteiger partial charge in [0.25, 0.3) is 0 Å². The Balaban J connectivity index is 2.14. The van der Waals surface area contributed by atoms with Gasteiger partial charge in [0.2, 0.25) is 0 Å². The van der Waals surface area contributed by atoms with Gasteiger partial charge in [0.05, 0.1) is 5.02 Å². The van der Waals surface area contributed by atoms with Gasteiger partial charge >= 0.3 is 0 Å². The molecule has 1 aliphatic rings. The fourth-order valence-electron chi connectivity index (χ4n) is 2.49. The summed E-state index contributed by atoms with van der Waals surface area (Å²) in [4.78, 5) is 0. The minimum absolute atomic E-state index is 0.0749. The molecule has 94 valence electrons. The first-order valence-corrected chi connectivity index (χ1v) is 7.26. The van der Waals surface area contributed by atoms with E-state index in [2.05, 4.69) is 21.2 Å². The van der Waals surface area contributed by atoms with Crippen molar-refractivity contribution in [3.63, 3.8) is 0 Å². The minimum atomic E-state index is 0.0749. The summed E-state index contributed by atoms with van der Waals surface area (Å²) in [7, 11) is 0. The van der Waals surface area contributed by atoms with Crippen molar-refractivity contribution in [2.24, 2.45) is 5.73 Å². The van der Waals surface area contributed by atoms with Crippen molar-refractivity contribution in [2.75, 3.05) is 11.9 Å². The van der Waals surface area contributed by atoms with Crippen LogP contribution in [-0.2, 0) is 0 Å². The summed E-state index contributed by atoms with van der Waals surface area (Å²) in [5.41, 5.74) is 7.12. The zero-order valence-corrected chi connectivity index (χ0v) is 12.1. The van der Waals surface area contributed by atoms with Gasteiger partial charge in [-0.25, -0.2) is 0 Å². The van der Waals surface area contributed by atoms with E-state index in [0.29, 0.717) is 6.54 Å². The van der Waals surface area contributed by atoms with Gasteiger partial charge in [-0.3, -0.25) is 0 Å². The van der Waals surface area contributed by atoms with Gasteiger partial charge < -0.3 is 11.1 Å². The third-order valence-electron chi connectivity index (χ3n) is 3.53. The lowest BCUT2D eigenvalue weighted by atomic mass is 9.81. The SMILES string of the molecule is NCC1(Nc2ccc(Cl)c(Br)c2)CCCCC1. The van der Waals surface area contributed by atoms with Gasteiger partial charge in [-0.2, -0.15) is 0 Å². The van der Waals surface area contributed by atoms with E-state index in [-0.39, 0.29) is 5.54 Å². The van der Waals surface area contributed by atoms with Crippen LogP contribution in [0.5, 0.6) is 0 Å². The van der Waals surface area contributed by atoms with Crippen molar-refractivity contribution < 1.29 is 0 Å². The summed E-state index contributed by atoms with van der Waals surface area (Å²) in [6.45, 7) is 0.688. The summed E-state index contributed by atoms with van der Waals surface area (Å²) in [6, 6.07) is 5.94. The van der Waals surface area contributed by atoms with Crippen LogP contribution >= 0.6 is 27.5 Å². The van der Waals surface area contributed by atoms with Gasteiger partial charge in [-0.05, 0) is 47.0 Å². The zero-order chi connectivity index (χ0) is 12.3. The molecule has 17 heavy (non-hydrogen) atoms.